The summed E-state index contributed by atoms with van der Waals surface area (Å²) in [5.74, 6) is 0.739. The van der Waals surface area contributed by atoms with Gasteiger partial charge in [0.25, 0.3) is 5.56 Å². The minimum absolute atomic E-state index is 0.0916. The smallest absolute Gasteiger partial charge is 0.255 e. The molecule has 0 bridgehead atoms. The molecule has 3 rings (SSSR count). The Balaban J connectivity index is 1.90. The van der Waals surface area contributed by atoms with Crippen LogP contribution in [-0.4, -0.2) is 15.0 Å². The first-order valence-corrected chi connectivity index (χ1v) is 7.90. The molecule has 1 N–H and O–H groups in total. The number of benzene rings is 1. The number of thioether (sulfide) groups is 1. The van der Waals surface area contributed by atoms with E-state index in [-0.39, 0.29) is 5.56 Å². The fourth-order valence-corrected chi connectivity index (χ4v) is 2.90. The molecular formula is C17H15N3OS. The van der Waals surface area contributed by atoms with Gasteiger partial charge in [-0.25, -0.2) is 4.98 Å². The van der Waals surface area contributed by atoms with E-state index in [1.54, 1.807) is 19.3 Å². The van der Waals surface area contributed by atoms with Crippen LogP contribution < -0.4 is 5.56 Å². The number of aromatic nitrogens is 3. The maximum atomic E-state index is 12.1. The number of nitrogens with one attached hydrogen (secondary N) is 1. The molecule has 4 nitrogen and oxygen atoms in total. The second-order valence-electron chi connectivity index (χ2n) is 4.85. The molecule has 0 saturated heterocycles. The topological polar surface area (TPSA) is 58.6 Å². The monoisotopic (exact) mass is 309 g/mol. The Bertz CT molecular complexity index is 816. The van der Waals surface area contributed by atoms with Gasteiger partial charge in [0.05, 0.1) is 5.69 Å². The lowest BCUT2D eigenvalue weighted by Gasteiger charge is -2.07. The third kappa shape index (κ3) is 3.26. The summed E-state index contributed by atoms with van der Waals surface area (Å²) in [6.45, 7) is 1.80. The first kappa shape index (κ1) is 14.5. The van der Waals surface area contributed by atoms with Gasteiger partial charge in [-0.05, 0) is 24.6 Å². The molecule has 0 fully saturated rings. The number of aromatic amines is 1. The molecule has 2 aromatic heterocycles. The van der Waals surface area contributed by atoms with Crippen molar-refractivity contribution >= 4 is 11.8 Å². The molecule has 22 heavy (non-hydrogen) atoms. The van der Waals surface area contributed by atoms with E-state index < -0.39 is 0 Å². The minimum atomic E-state index is -0.0916. The Kier molecular flexibility index (Phi) is 4.34. The van der Waals surface area contributed by atoms with E-state index >= 15 is 0 Å². The molecule has 3 aromatic rings. The number of pyridine rings is 1. The van der Waals surface area contributed by atoms with Crippen molar-refractivity contribution in [3.05, 3.63) is 76.3 Å². The zero-order valence-electron chi connectivity index (χ0n) is 12.1. The van der Waals surface area contributed by atoms with Crippen LogP contribution in [0.3, 0.4) is 0 Å². The van der Waals surface area contributed by atoms with E-state index in [4.69, 9.17) is 0 Å². The molecule has 110 valence electrons. The molecule has 2 heterocycles. The maximum Gasteiger partial charge on any atom is 0.255 e. The Labute approximate surface area is 132 Å². The Hall–Kier alpha value is -2.40. The average Bonchev–Trinajstić information content (AvgIpc) is 2.57. The minimum Gasteiger partial charge on any atom is -0.301 e. The summed E-state index contributed by atoms with van der Waals surface area (Å²) in [5.41, 5.74) is 3.38. The summed E-state index contributed by atoms with van der Waals surface area (Å²) in [6, 6.07) is 13.7. The number of rotatable bonds is 4. The summed E-state index contributed by atoms with van der Waals surface area (Å²) >= 11 is 1.51. The lowest BCUT2D eigenvalue weighted by atomic mass is 10.1. The molecule has 0 aliphatic rings. The van der Waals surface area contributed by atoms with Crippen molar-refractivity contribution in [3.8, 4) is 11.3 Å². The first-order valence-electron chi connectivity index (χ1n) is 6.92. The van der Waals surface area contributed by atoms with Crippen molar-refractivity contribution in [2.45, 2.75) is 17.8 Å². The van der Waals surface area contributed by atoms with Crippen molar-refractivity contribution in [3.63, 3.8) is 0 Å². The van der Waals surface area contributed by atoms with E-state index in [1.165, 1.54) is 11.8 Å². The summed E-state index contributed by atoms with van der Waals surface area (Å²) < 4.78 is 0. The van der Waals surface area contributed by atoms with E-state index in [0.717, 1.165) is 22.6 Å². The molecule has 5 heteroatoms. The van der Waals surface area contributed by atoms with Gasteiger partial charge in [-0.15, -0.1) is 0 Å². The van der Waals surface area contributed by atoms with Crippen LogP contribution in [0.4, 0.5) is 0 Å². The van der Waals surface area contributed by atoms with Crippen LogP contribution in [0.15, 0.2) is 64.8 Å². The number of H-pyrrole nitrogens is 1. The van der Waals surface area contributed by atoms with Crippen LogP contribution in [0.5, 0.6) is 0 Å². The highest BCUT2D eigenvalue weighted by Crippen LogP contribution is 2.23. The van der Waals surface area contributed by atoms with Crippen LogP contribution >= 0.6 is 11.8 Å². The molecule has 0 unspecified atom stereocenters. The molecule has 0 spiro atoms. The predicted molar refractivity (Wildman–Crippen MR) is 88.8 cm³/mol. The van der Waals surface area contributed by atoms with Gasteiger partial charge in [-0.1, -0.05) is 42.1 Å². The zero-order valence-corrected chi connectivity index (χ0v) is 12.9. The van der Waals surface area contributed by atoms with Crippen molar-refractivity contribution in [2.24, 2.45) is 0 Å². The van der Waals surface area contributed by atoms with Crippen molar-refractivity contribution in [2.75, 3.05) is 0 Å². The molecule has 0 amide bonds. The zero-order chi connectivity index (χ0) is 15.4. The second kappa shape index (κ2) is 6.58. The lowest BCUT2D eigenvalue weighted by molar-refractivity contribution is 0.923. The highest BCUT2D eigenvalue weighted by atomic mass is 32.2. The van der Waals surface area contributed by atoms with Crippen LogP contribution in [-0.2, 0) is 5.75 Å². The quantitative estimate of drug-likeness (QED) is 0.592. The Morgan fingerprint density at radius 2 is 1.82 bits per heavy atom. The lowest BCUT2D eigenvalue weighted by Crippen LogP contribution is -2.13. The molecular weight excluding hydrogens is 294 g/mol. The van der Waals surface area contributed by atoms with Crippen LogP contribution in [0, 0.1) is 6.92 Å². The first-order chi connectivity index (χ1) is 10.7. The summed E-state index contributed by atoms with van der Waals surface area (Å²) in [5, 5.41) is 0.631. The highest BCUT2D eigenvalue weighted by molar-refractivity contribution is 7.98. The summed E-state index contributed by atoms with van der Waals surface area (Å²) in [4.78, 5) is 23.6. The van der Waals surface area contributed by atoms with Crippen LogP contribution in [0.1, 0.15) is 11.1 Å². The third-order valence-electron chi connectivity index (χ3n) is 3.30. The predicted octanol–water partition coefficient (Wildman–Crippen LogP) is 3.43. The van der Waals surface area contributed by atoms with Crippen molar-refractivity contribution in [1.29, 1.82) is 0 Å². The Morgan fingerprint density at radius 3 is 2.55 bits per heavy atom. The van der Waals surface area contributed by atoms with Gasteiger partial charge in [0.1, 0.15) is 0 Å². The van der Waals surface area contributed by atoms with Crippen molar-refractivity contribution < 1.29 is 0 Å². The number of nitrogens with zero attached hydrogens (tertiary/aromatic N) is 2. The Morgan fingerprint density at radius 1 is 1.09 bits per heavy atom. The van der Waals surface area contributed by atoms with E-state index in [1.807, 2.05) is 42.5 Å². The van der Waals surface area contributed by atoms with Gasteiger partial charge in [0, 0.05) is 29.3 Å². The second-order valence-corrected chi connectivity index (χ2v) is 5.82. The molecule has 0 aliphatic carbocycles. The molecule has 1 aromatic carbocycles. The maximum absolute atomic E-state index is 12.1. The van der Waals surface area contributed by atoms with E-state index in [9.17, 15) is 4.79 Å². The SMILES string of the molecule is Cc1c(-c2ccccc2)nc(SCc2ccncc2)[nH]c1=O. The third-order valence-corrected chi connectivity index (χ3v) is 4.25. The van der Waals surface area contributed by atoms with Crippen LogP contribution in [0.2, 0.25) is 0 Å². The largest absolute Gasteiger partial charge is 0.301 e. The van der Waals surface area contributed by atoms with Gasteiger partial charge in [0.2, 0.25) is 0 Å². The molecule has 0 radical (unpaired) electrons. The van der Waals surface area contributed by atoms with E-state index in [2.05, 4.69) is 15.0 Å². The fourth-order valence-electron chi connectivity index (χ4n) is 2.09. The number of hydrogen-bond acceptors (Lipinski definition) is 4. The number of hydrogen-bond donors (Lipinski definition) is 1. The standard InChI is InChI=1S/C17H15N3OS/c1-12-15(14-5-3-2-4-6-14)19-17(20-16(12)21)22-11-13-7-9-18-10-8-13/h2-10H,11H2,1H3,(H,19,20,21). The average molecular weight is 309 g/mol. The van der Waals surface area contributed by atoms with Crippen molar-refractivity contribution in [1.82, 2.24) is 15.0 Å². The van der Waals surface area contributed by atoms with Gasteiger partial charge >= 0.3 is 0 Å². The van der Waals surface area contributed by atoms with Crippen LogP contribution in [0.25, 0.3) is 11.3 Å². The molecule has 0 atom stereocenters. The van der Waals surface area contributed by atoms with Gasteiger partial charge in [-0.2, -0.15) is 0 Å². The normalized spacial score (nSPS) is 10.6. The summed E-state index contributed by atoms with van der Waals surface area (Å²) in [6.07, 6.45) is 3.52. The van der Waals surface area contributed by atoms with Gasteiger partial charge < -0.3 is 4.98 Å². The fraction of sp³-hybridized carbons (Fsp3) is 0.118. The summed E-state index contributed by atoms with van der Waals surface area (Å²) in [7, 11) is 0. The molecule has 0 saturated carbocycles. The molecule has 0 aliphatic heterocycles. The van der Waals surface area contributed by atoms with Gasteiger partial charge in [-0.3, -0.25) is 9.78 Å². The van der Waals surface area contributed by atoms with Gasteiger partial charge in [0.15, 0.2) is 5.16 Å². The highest BCUT2D eigenvalue weighted by Gasteiger charge is 2.10. The van der Waals surface area contributed by atoms with E-state index in [0.29, 0.717) is 10.7 Å².